The van der Waals surface area contributed by atoms with Gasteiger partial charge in [-0.3, -0.25) is 9.59 Å². The molecule has 2 heteroatoms. The highest BCUT2D eigenvalue weighted by Gasteiger charge is 2.58. The number of rotatable bonds is 0. The van der Waals surface area contributed by atoms with Crippen molar-refractivity contribution in [3.05, 3.63) is 11.6 Å². The average Bonchev–Trinajstić information content (AvgIpc) is 2.76. The summed E-state index contributed by atoms with van der Waals surface area (Å²) in [5, 5.41) is 0. The fourth-order valence-electron chi connectivity index (χ4n) is 6.33. The van der Waals surface area contributed by atoms with Crippen LogP contribution in [-0.4, -0.2) is 11.6 Å². The second kappa shape index (κ2) is 4.30. The van der Waals surface area contributed by atoms with Gasteiger partial charge in [-0.1, -0.05) is 19.4 Å². The van der Waals surface area contributed by atoms with Gasteiger partial charge in [0.05, 0.1) is 0 Å². The molecular weight excluding hydrogens is 260 g/mol. The van der Waals surface area contributed by atoms with Gasteiger partial charge in [-0.2, -0.15) is 0 Å². The van der Waals surface area contributed by atoms with Gasteiger partial charge in [0.15, 0.2) is 5.78 Å². The lowest BCUT2D eigenvalue weighted by atomic mass is 9.47. The topological polar surface area (TPSA) is 34.1 Å². The standard InChI is InChI=1S/C19H26O2/c1-18-9-7-13(20)11-12(18)3-4-14-15-5-6-17(21)19(15,2)10-8-16(14)18/h11,14-16H,3-10H2,1-2H3/t14-,15?,16-,18-,19-/m0/s1. The first-order valence-corrected chi connectivity index (χ1v) is 8.72. The smallest absolute Gasteiger partial charge is 0.155 e. The minimum Gasteiger partial charge on any atom is -0.299 e. The molecule has 1 unspecified atom stereocenters. The molecule has 5 atom stereocenters. The molecule has 0 heterocycles. The molecule has 0 saturated heterocycles. The van der Waals surface area contributed by atoms with Crippen molar-refractivity contribution in [1.29, 1.82) is 0 Å². The SMILES string of the molecule is C[C@]12CCC(=O)C=C1CC[C@H]1C3CCC(=O)[C@@]3(C)CC[C@@H]12. The molecule has 0 spiro atoms. The molecule has 4 aliphatic rings. The third-order valence-electron chi connectivity index (χ3n) is 7.67. The Kier molecular flexibility index (Phi) is 2.81. The lowest BCUT2D eigenvalue weighted by molar-refractivity contribution is -0.132. The van der Waals surface area contributed by atoms with Crippen molar-refractivity contribution in [1.82, 2.24) is 0 Å². The Morgan fingerprint density at radius 1 is 0.905 bits per heavy atom. The molecule has 3 saturated carbocycles. The molecule has 0 aromatic rings. The van der Waals surface area contributed by atoms with Gasteiger partial charge in [-0.25, -0.2) is 0 Å². The number of ketones is 2. The number of Topliss-reactive ketones (excluding diaryl/α,β-unsaturated/α-hetero) is 1. The van der Waals surface area contributed by atoms with Crippen LogP contribution in [0, 0.1) is 28.6 Å². The quantitative estimate of drug-likeness (QED) is 0.672. The summed E-state index contributed by atoms with van der Waals surface area (Å²) in [4.78, 5) is 24.1. The van der Waals surface area contributed by atoms with Crippen LogP contribution in [0.25, 0.3) is 0 Å². The second-order valence-corrected chi connectivity index (χ2v) is 8.39. The van der Waals surface area contributed by atoms with E-state index in [4.69, 9.17) is 0 Å². The summed E-state index contributed by atoms with van der Waals surface area (Å²) in [5.41, 5.74) is 1.64. The molecule has 4 aliphatic carbocycles. The minimum atomic E-state index is -0.0246. The second-order valence-electron chi connectivity index (χ2n) is 8.39. The first-order chi connectivity index (χ1) is 9.95. The normalized spacial score (nSPS) is 49.2. The van der Waals surface area contributed by atoms with Gasteiger partial charge in [0.2, 0.25) is 0 Å². The summed E-state index contributed by atoms with van der Waals surface area (Å²) < 4.78 is 0. The van der Waals surface area contributed by atoms with Crippen LogP contribution < -0.4 is 0 Å². The maximum absolute atomic E-state index is 12.4. The van der Waals surface area contributed by atoms with E-state index in [1.54, 1.807) is 0 Å². The van der Waals surface area contributed by atoms with Crippen molar-refractivity contribution in [3.8, 4) is 0 Å². The van der Waals surface area contributed by atoms with E-state index < -0.39 is 0 Å². The van der Waals surface area contributed by atoms with E-state index in [9.17, 15) is 9.59 Å². The molecule has 114 valence electrons. The predicted octanol–water partition coefficient (Wildman–Crippen LogP) is 4.09. The van der Waals surface area contributed by atoms with E-state index >= 15 is 0 Å². The largest absolute Gasteiger partial charge is 0.299 e. The Morgan fingerprint density at radius 2 is 1.67 bits per heavy atom. The zero-order valence-electron chi connectivity index (χ0n) is 13.3. The van der Waals surface area contributed by atoms with Crippen molar-refractivity contribution in [2.75, 3.05) is 0 Å². The van der Waals surface area contributed by atoms with Crippen molar-refractivity contribution in [2.45, 2.75) is 65.2 Å². The van der Waals surface area contributed by atoms with Gasteiger partial charge >= 0.3 is 0 Å². The average molecular weight is 286 g/mol. The van der Waals surface area contributed by atoms with E-state index in [1.807, 2.05) is 6.08 Å². The molecule has 3 fully saturated rings. The molecule has 0 radical (unpaired) electrons. The van der Waals surface area contributed by atoms with Gasteiger partial charge in [0, 0.05) is 18.3 Å². The molecular formula is C19H26O2. The number of hydrogen-bond donors (Lipinski definition) is 0. The van der Waals surface area contributed by atoms with Crippen molar-refractivity contribution >= 4 is 11.6 Å². The summed E-state index contributed by atoms with van der Waals surface area (Å²) in [7, 11) is 0. The Hall–Kier alpha value is -0.920. The number of allylic oxidation sites excluding steroid dienone is 1. The van der Waals surface area contributed by atoms with E-state index in [-0.39, 0.29) is 10.8 Å². The van der Waals surface area contributed by atoms with E-state index in [0.717, 1.165) is 38.5 Å². The number of carbonyl (C=O) groups is 2. The molecule has 21 heavy (non-hydrogen) atoms. The highest BCUT2D eigenvalue weighted by atomic mass is 16.1. The number of carbonyl (C=O) groups excluding carboxylic acids is 2. The molecule has 0 aromatic heterocycles. The fraction of sp³-hybridized carbons (Fsp3) is 0.789. The summed E-state index contributed by atoms with van der Waals surface area (Å²) in [6.45, 7) is 4.64. The summed E-state index contributed by atoms with van der Waals surface area (Å²) in [5.74, 6) is 2.88. The van der Waals surface area contributed by atoms with Gasteiger partial charge in [0.1, 0.15) is 5.78 Å². The van der Waals surface area contributed by atoms with Crippen molar-refractivity contribution in [2.24, 2.45) is 28.6 Å². The van der Waals surface area contributed by atoms with Gasteiger partial charge in [0.25, 0.3) is 0 Å². The summed E-state index contributed by atoms with van der Waals surface area (Å²) >= 11 is 0. The predicted molar refractivity (Wildman–Crippen MR) is 81.7 cm³/mol. The molecule has 0 N–H and O–H groups in total. The van der Waals surface area contributed by atoms with E-state index in [0.29, 0.717) is 29.3 Å². The molecule has 2 nitrogen and oxygen atoms in total. The van der Waals surface area contributed by atoms with E-state index in [1.165, 1.54) is 18.4 Å². The summed E-state index contributed by atoms with van der Waals surface area (Å²) in [6, 6.07) is 0. The van der Waals surface area contributed by atoms with Crippen LogP contribution in [0.1, 0.15) is 65.2 Å². The molecule has 0 amide bonds. The van der Waals surface area contributed by atoms with Crippen LogP contribution in [-0.2, 0) is 9.59 Å². The van der Waals surface area contributed by atoms with Gasteiger partial charge in [-0.05, 0) is 67.8 Å². The Labute approximate surface area is 127 Å². The molecule has 0 aromatic carbocycles. The molecule has 4 rings (SSSR count). The minimum absolute atomic E-state index is 0.0246. The fourth-order valence-corrected chi connectivity index (χ4v) is 6.33. The lowest BCUT2D eigenvalue weighted by Crippen LogP contribution is -2.50. The highest BCUT2D eigenvalue weighted by molar-refractivity contribution is 5.91. The molecule has 0 bridgehead atoms. The van der Waals surface area contributed by atoms with Gasteiger partial charge in [-0.15, -0.1) is 0 Å². The van der Waals surface area contributed by atoms with Crippen LogP contribution in [0.15, 0.2) is 11.6 Å². The maximum Gasteiger partial charge on any atom is 0.155 e. The zero-order valence-corrected chi connectivity index (χ0v) is 13.3. The van der Waals surface area contributed by atoms with Crippen LogP contribution in [0.3, 0.4) is 0 Å². The van der Waals surface area contributed by atoms with Crippen LogP contribution >= 0.6 is 0 Å². The monoisotopic (exact) mass is 286 g/mol. The van der Waals surface area contributed by atoms with E-state index in [2.05, 4.69) is 13.8 Å². The number of fused-ring (bicyclic) bond motifs is 5. The third kappa shape index (κ3) is 1.71. The first-order valence-electron chi connectivity index (χ1n) is 8.72. The first kappa shape index (κ1) is 13.7. The van der Waals surface area contributed by atoms with Crippen LogP contribution in [0.4, 0.5) is 0 Å². The zero-order chi connectivity index (χ0) is 14.8. The van der Waals surface area contributed by atoms with Crippen LogP contribution in [0.5, 0.6) is 0 Å². The highest BCUT2D eigenvalue weighted by Crippen LogP contribution is 2.64. The van der Waals surface area contributed by atoms with Crippen molar-refractivity contribution in [3.63, 3.8) is 0 Å². The van der Waals surface area contributed by atoms with Gasteiger partial charge < -0.3 is 0 Å². The van der Waals surface area contributed by atoms with Crippen LogP contribution in [0.2, 0.25) is 0 Å². The lowest BCUT2D eigenvalue weighted by Gasteiger charge is -2.56. The Bertz CT molecular complexity index is 546. The molecule has 0 aliphatic heterocycles. The Balaban J connectivity index is 1.70. The summed E-state index contributed by atoms with van der Waals surface area (Å²) in [6.07, 6.45) is 10.2. The van der Waals surface area contributed by atoms with Crippen molar-refractivity contribution < 1.29 is 9.59 Å². The Morgan fingerprint density at radius 3 is 2.48 bits per heavy atom. The third-order valence-corrected chi connectivity index (χ3v) is 7.67. The number of hydrogen-bond acceptors (Lipinski definition) is 2. The maximum atomic E-state index is 12.4.